The van der Waals surface area contributed by atoms with Crippen molar-refractivity contribution in [3.63, 3.8) is 0 Å². The SMILES string of the molecule is CNC(C)(CCCCSc1nc(=O)c(=O)[nH]n1C)C(N)=O. The molecule has 1 aromatic heterocycles. The van der Waals surface area contributed by atoms with Gasteiger partial charge in [0.05, 0.1) is 5.54 Å². The van der Waals surface area contributed by atoms with Gasteiger partial charge in [0.15, 0.2) is 5.16 Å². The lowest BCUT2D eigenvalue weighted by molar-refractivity contribution is -0.123. The molecule has 21 heavy (non-hydrogen) atoms. The first-order valence-electron chi connectivity index (χ1n) is 6.59. The molecule has 4 N–H and O–H groups in total. The minimum atomic E-state index is -0.785. The van der Waals surface area contributed by atoms with Crippen molar-refractivity contribution in [2.24, 2.45) is 12.8 Å². The van der Waals surface area contributed by atoms with Crippen molar-refractivity contribution in [3.05, 3.63) is 20.7 Å². The third-order valence-electron chi connectivity index (χ3n) is 3.35. The van der Waals surface area contributed by atoms with Gasteiger partial charge >= 0.3 is 11.1 Å². The van der Waals surface area contributed by atoms with Crippen LogP contribution in [0.25, 0.3) is 0 Å². The standard InChI is InChI=1S/C12H21N5O3S/c1-12(14-2,10(13)20)6-4-5-7-21-11-15-8(18)9(19)16-17(11)3/h14H,4-7H2,1-3H3,(H2,13,20)(H,16,19). The molecule has 1 atom stereocenters. The molecule has 0 spiro atoms. The summed E-state index contributed by atoms with van der Waals surface area (Å²) in [5, 5.41) is 5.78. The highest BCUT2D eigenvalue weighted by molar-refractivity contribution is 7.99. The van der Waals surface area contributed by atoms with Gasteiger partial charge < -0.3 is 11.1 Å². The molecule has 0 aliphatic heterocycles. The molecule has 9 heteroatoms. The summed E-state index contributed by atoms with van der Waals surface area (Å²) in [6, 6.07) is 0. The Morgan fingerprint density at radius 3 is 2.71 bits per heavy atom. The average Bonchev–Trinajstić information content (AvgIpc) is 2.43. The molecule has 1 rings (SSSR count). The third kappa shape index (κ3) is 4.71. The molecule has 1 aromatic rings. The summed E-state index contributed by atoms with van der Waals surface area (Å²) in [7, 11) is 3.33. The zero-order valence-corrected chi connectivity index (χ0v) is 13.2. The van der Waals surface area contributed by atoms with E-state index in [1.54, 1.807) is 21.0 Å². The Labute approximate surface area is 126 Å². The van der Waals surface area contributed by atoms with E-state index in [4.69, 9.17) is 5.73 Å². The first kappa shape index (κ1) is 17.4. The maximum Gasteiger partial charge on any atom is 0.339 e. The van der Waals surface area contributed by atoms with E-state index in [1.165, 1.54) is 16.4 Å². The van der Waals surface area contributed by atoms with Crippen LogP contribution in [-0.2, 0) is 11.8 Å². The van der Waals surface area contributed by atoms with Crippen LogP contribution in [0.2, 0.25) is 0 Å². The fraction of sp³-hybridized carbons (Fsp3) is 0.667. The van der Waals surface area contributed by atoms with Gasteiger partial charge in [-0.1, -0.05) is 18.2 Å². The van der Waals surface area contributed by atoms with E-state index >= 15 is 0 Å². The van der Waals surface area contributed by atoms with Crippen molar-refractivity contribution in [2.45, 2.75) is 36.9 Å². The van der Waals surface area contributed by atoms with Crippen molar-refractivity contribution in [1.82, 2.24) is 20.1 Å². The number of aromatic nitrogens is 3. The zero-order valence-electron chi connectivity index (χ0n) is 12.4. The van der Waals surface area contributed by atoms with Crippen molar-refractivity contribution in [2.75, 3.05) is 12.8 Å². The van der Waals surface area contributed by atoms with Crippen molar-refractivity contribution >= 4 is 17.7 Å². The van der Waals surface area contributed by atoms with E-state index in [9.17, 15) is 14.4 Å². The van der Waals surface area contributed by atoms with E-state index in [2.05, 4.69) is 15.4 Å². The topological polar surface area (TPSA) is 123 Å². The number of nitrogens with two attached hydrogens (primary N) is 1. The molecular formula is C12H21N5O3S. The lowest BCUT2D eigenvalue weighted by Crippen LogP contribution is -2.51. The number of unbranched alkanes of at least 4 members (excludes halogenated alkanes) is 1. The fourth-order valence-electron chi connectivity index (χ4n) is 1.71. The van der Waals surface area contributed by atoms with E-state index in [0.29, 0.717) is 11.6 Å². The highest BCUT2D eigenvalue weighted by Gasteiger charge is 2.27. The first-order chi connectivity index (χ1) is 9.80. The smallest absolute Gasteiger partial charge is 0.339 e. The number of aryl methyl sites for hydroxylation is 1. The maximum absolute atomic E-state index is 11.3. The van der Waals surface area contributed by atoms with Crippen molar-refractivity contribution in [1.29, 1.82) is 0 Å². The molecule has 0 aromatic carbocycles. The van der Waals surface area contributed by atoms with Crippen LogP contribution in [0.4, 0.5) is 0 Å². The molecule has 0 fully saturated rings. The van der Waals surface area contributed by atoms with Crippen LogP contribution in [0.1, 0.15) is 26.2 Å². The molecule has 1 unspecified atom stereocenters. The Morgan fingerprint density at radius 2 is 2.14 bits per heavy atom. The number of thioether (sulfide) groups is 1. The minimum Gasteiger partial charge on any atom is -0.368 e. The Kier molecular flexibility index (Phi) is 6.16. The molecule has 118 valence electrons. The van der Waals surface area contributed by atoms with E-state index in [-0.39, 0.29) is 5.91 Å². The van der Waals surface area contributed by atoms with Gasteiger partial charge in [0.2, 0.25) is 5.91 Å². The highest BCUT2D eigenvalue weighted by Crippen LogP contribution is 2.17. The number of rotatable bonds is 8. The number of nitrogens with one attached hydrogen (secondary N) is 2. The predicted octanol–water partition coefficient (Wildman–Crippen LogP) is -0.806. The van der Waals surface area contributed by atoms with Crippen LogP contribution in [0.5, 0.6) is 0 Å². The number of carbonyl (C=O) groups excluding carboxylic acids is 1. The van der Waals surface area contributed by atoms with Crippen LogP contribution in [-0.4, -0.2) is 39.0 Å². The normalized spacial score (nSPS) is 13.9. The van der Waals surface area contributed by atoms with Gasteiger partial charge in [-0.3, -0.25) is 24.2 Å². The van der Waals surface area contributed by atoms with Gasteiger partial charge in [0, 0.05) is 12.8 Å². The number of aromatic amines is 1. The summed E-state index contributed by atoms with van der Waals surface area (Å²) >= 11 is 1.38. The Bertz CT molecular complexity index is 612. The summed E-state index contributed by atoms with van der Waals surface area (Å²) in [6.07, 6.45) is 2.28. The molecule has 0 aliphatic carbocycles. The number of primary amides is 1. The molecule has 0 bridgehead atoms. The number of carbonyl (C=O) groups is 1. The van der Waals surface area contributed by atoms with Gasteiger partial charge in [-0.25, -0.2) is 0 Å². The number of hydrogen-bond donors (Lipinski definition) is 3. The summed E-state index contributed by atoms with van der Waals surface area (Å²) in [6.45, 7) is 1.77. The highest BCUT2D eigenvalue weighted by atomic mass is 32.2. The lowest BCUT2D eigenvalue weighted by Gasteiger charge is -2.25. The third-order valence-corrected chi connectivity index (χ3v) is 4.46. The summed E-state index contributed by atoms with van der Waals surface area (Å²) in [5.41, 5.74) is 3.14. The van der Waals surface area contributed by atoms with Gasteiger partial charge in [0.1, 0.15) is 0 Å². The largest absolute Gasteiger partial charge is 0.368 e. The van der Waals surface area contributed by atoms with Crippen LogP contribution in [0.3, 0.4) is 0 Å². The van der Waals surface area contributed by atoms with Crippen LogP contribution in [0.15, 0.2) is 14.7 Å². The number of nitrogens with zero attached hydrogens (tertiary/aromatic N) is 2. The van der Waals surface area contributed by atoms with Gasteiger partial charge in [-0.15, -0.1) is 0 Å². The van der Waals surface area contributed by atoms with E-state index in [0.717, 1.165) is 18.6 Å². The molecule has 8 nitrogen and oxygen atoms in total. The lowest BCUT2D eigenvalue weighted by atomic mass is 9.94. The van der Waals surface area contributed by atoms with E-state index in [1.807, 2.05) is 0 Å². The van der Waals surface area contributed by atoms with Crippen LogP contribution in [0, 0.1) is 0 Å². The van der Waals surface area contributed by atoms with E-state index < -0.39 is 16.7 Å². The predicted molar refractivity (Wildman–Crippen MR) is 81.3 cm³/mol. The second kappa shape index (κ2) is 7.41. The Morgan fingerprint density at radius 1 is 1.48 bits per heavy atom. The Hall–Kier alpha value is -1.61. The summed E-state index contributed by atoms with van der Waals surface area (Å²) < 4.78 is 1.43. The number of amides is 1. The number of hydrogen-bond acceptors (Lipinski definition) is 6. The second-order valence-corrected chi connectivity index (χ2v) is 6.01. The zero-order chi connectivity index (χ0) is 16.0. The minimum absolute atomic E-state index is 0.373. The van der Waals surface area contributed by atoms with Crippen molar-refractivity contribution in [3.8, 4) is 0 Å². The quantitative estimate of drug-likeness (QED) is 0.328. The second-order valence-electron chi connectivity index (χ2n) is 4.95. The summed E-state index contributed by atoms with van der Waals surface area (Å²) in [5.74, 6) is 0.354. The maximum atomic E-state index is 11.3. The summed E-state index contributed by atoms with van der Waals surface area (Å²) in [4.78, 5) is 37.3. The first-order valence-corrected chi connectivity index (χ1v) is 7.57. The van der Waals surface area contributed by atoms with Gasteiger partial charge in [-0.05, 0) is 26.8 Å². The van der Waals surface area contributed by atoms with Gasteiger partial charge in [-0.2, -0.15) is 4.98 Å². The van der Waals surface area contributed by atoms with Gasteiger partial charge in [0.25, 0.3) is 0 Å². The number of likely N-dealkylation sites (N-methyl/N-ethyl adjacent to an activating group) is 1. The Balaban J connectivity index is 2.45. The average molecular weight is 315 g/mol. The fourth-order valence-corrected chi connectivity index (χ4v) is 2.62. The van der Waals surface area contributed by atoms with Crippen molar-refractivity contribution < 1.29 is 4.79 Å². The molecule has 1 heterocycles. The van der Waals surface area contributed by atoms with Crippen LogP contribution >= 0.6 is 11.8 Å². The number of H-pyrrole nitrogens is 1. The molecule has 0 saturated carbocycles. The van der Waals surface area contributed by atoms with Crippen LogP contribution < -0.4 is 22.2 Å². The monoisotopic (exact) mass is 315 g/mol. The molecule has 0 aliphatic rings. The molecule has 1 amide bonds. The molecule has 0 saturated heterocycles. The molecule has 0 radical (unpaired) electrons. The molecular weight excluding hydrogens is 294 g/mol.